The summed E-state index contributed by atoms with van der Waals surface area (Å²) in [5, 5.41) is 0. The van der Waals surface area contributed by atoms with Gasteiger partial charge in [0.25, 0.3) is 0 Å². The maximum absolute atomic E-state index is 12.6. The molecule has 1 saturated carbocycles. The topological polar surface area (TPSA) is 46.6 Å². The number of nitrogens with zero attached hydrogens (tertiary/aromatic N) is 1. The smallest absolute Gasteiger partial charge is 0.397 e. The van der Waals surface area contributed by atoms with Crippen LogP contribution in [0.15, 0.2) is 0 Å². The van der Waals surface area contributed by atoms with Crippen LogP contribution in [0.5, 0.6) is 0 Å². The van der Waals surface area contributed by atoms with Gasteiger partial charge in [0, 0.05) is 6.54 Å². The third-order valence-electron chi connectivity index (χ3n) is 4.89. The number of alkyl halides is 3. The monoisotopic (exact) mass is 349 g/mol. The Morgan fingerprint density at radius 2 is 1.79 bits per heavy atom. The van der Waals surface area contributed by atoms with Gasteiger partial charge in [0.1, 0.15) is 12.5 Å². The Hall–Kier alpha value is -1.27. The molecule has 2 heterocycles. The van der Waals surface area contributed by atoms with Crippen molar-refractivity contribution in [1.82, 2.24) is 4.90 Å². The molecule has 138 valence electrons. The van der Waals surface area contributed by atoms with Crippen molar-refractivity contribution in [3.05, 3.63) is 0 Å². The average Bonchev–Trinajstić information content (AvgIpc) is 2.64. The van der Waals surface area contributed by atoms with Crippen molar-refractivity contribution in [1.29, 1.82) is 0 Å². The summed E-state index contributed by atoms with van der Waals surface area (Å²) >= 11 is 0. The molecule has 7 heteroatoms. The van der Waals surface area contributed by atoms with Crippen LogP contribution in [0.25, 0.3) is 0 Å². The zero-order valence-corrected chi connectivity index (χ0v) is 14.7. The normalized spacial score (nSPS) is 30.9. The molecule has 0 aromatic rings. The summed E-state index contributed by atoms with van der Waals surface area (Å²) in [6.45, 7) is 7.46. The summed E-state index contributed by atoms with van der Waals surface area (Å²) < 4.78 is 43.5. The number of ether oxygens (including phenoxy) is 1. The second-order valence-electron chi connectivity index (χ2n) is 8.18. The average molecular weight is 349 g/mol. The second-order valence-corrected chi connectivity index (χ2v) is 8.18. The van der Waals surface area contributed by atoms with E-state index in [0.29, 0.717) is 13.0 Å². The highest BCUT2D eigenvalue weighted by Gasteiger charge is 2.47. The molecule has 4 nitrogen and oxygen atoms in total. The van der Waals surface area contributed by atoms with Gasteiger partial charge in [-0.15, -0.1) is 0 Å². The fourth-order valence-corrected chi connectivity index (χ4v) is 3.78. The van der Waals surface area contributed by atoms with Gasteiger partial charge in [-0.3, -0.25) is 9.59 Å². The molecule has 2 unspecified atom stereocenters. The number of esters is 1. The van der Waals surface area contributed by atoms with Gasteiger partial charge < -0.3 is 9.64 Å². The number of hydrogen-bond acceptors (Lipinski definition) is 3. The molecule has 0 radical (unpaired) electrons. The lowest BCUT2D eigenvalue weighted by Crippen LogP contribution is -2.55. The number of piperidine rings is 1. The molecule has 2 bridgehead atoms. The summed E-state index contributed by atoms with van der Waals surface area (Å²) in [7, 11) is 0. The molecule has 2 aliphatic heterocycles. The van der Waals surface area contributed by atoms with Crippen LogP contribution in [0.2, 0.25) is 0 Å². The fraction of sp³-hybridized carbons (Fsp3) is 0.882. The molecule has 0 aromatic carbocycles. The third kappa shape index (κ3) is 4.42. The van der Waals surface area contributed by atoms with E-state index in [1.165, 1.54) is 4.90 Å². The van der Waals surface area contributed by atoms with Crippen LogP contribution < -0.4 is 0 Å². The highest BCUT2D eigenvalue weighted by Crippen LogP contribution is 2.40. The maximum atomic E-state index is 12.6. The van der Waals surface area contributed by atoms with E-state index in [1.54, 1.807) is 20.8 Å². The highest BCUT2D eigenvalue weighted by molar-refractivity contribution is 5.78. The lowest BCUT2D eigenvalue weighted by Gasteiger charge is -2.43. The number of hydrogen-bond donors (Lipinski definition) is 0. The Kier molecular flexibility index (Phi) is 5.21. The first-order valence-electron chi connectivity index (χ1n) is 8.46. The molecule has 2 saturated heterocycles. The predicted molar refractivity (Wildman–Crippen MR) is 82.0 cm³/mol. The zero-order valence-electron chi connectivity index (χ0n) is 14.7. The van der Waals surface area contributed by atoms with E-state index < -0.39 is 36.1 Å². The first kappa shape index (κ1) is 19.1. The van der Waals surface area contributed by atoms with Crippen LogP contribution in [-0.4, -0.2) is 41.6 Å². The SMILES string of the molecule is C[C@@H]1CC2CC[C@H](OC(=O)C(C)(C)C)C1N(C(=O)CC(F)(F)F)C2. The first-order valence-corrected chi connectivity index (χ1v) is 8.46. The number of carbonyl (C=O) groups excluding carboxylic acids is 2. The molecule has 24 heavy (non-hydrogen) atoms. The van der Waals surface area contributed by atoms with E-state index in [0.717, 1.165) is 12.8 Å². The summed E-state index contributed by atoms with van der Waals surface area (Å²) in [4.78, 5) is 25.7. The molecule has 3 aliphatic rings. The van der Waals surface area contributed by atoms with Gasteiger partial charge in [0.2, 0.25) is 5.91 Å². The van der Waals surface area contributed by atoms with Gasteiger partial charge in [0.05, 0.1) is 11.5 Å². The number of halogens is 3. The molecule has 1 aliphatic carbocycles. The number of amides is 1. The van der Waals surface area contributed by atoms with Crippen molar-refractivity contribution in [2.75, 3.05) is 6.54 Å². The molecular formula is C17H26F3NO3. The van der Waals surface area contributed by atoms with Crippen LogP contribution in [0, 0.1) is 17.3 Å². The van der Waals surface area contributed by atoms with Gasteiger partial charge >= 0.3 is 12.1 Å². The minimum atomic E-state index is -4.52. The Balaban J connectivity index is 2.21. The molecule has 3 rings (SSSR count). The molecule has 3 fully saturated rings. The minimum absolute atomic E-state index is 0.0150. The van der Waals surface area contributed by atoms with E-state index in [2.05, 4.69) is 0 Å². The van der Waals surface area contributed by atoms with E-state index in [1.807, 2.05) is 6.92 Å². The lowest BCUT2D eigenvalue weighted by molar-refractivity contribution is -0.175. The molecule has 0 N–H and O–H groups in total. The molecule has 0 aromatic heterocycles. The van der Waals surface area contributed by atoms with Crippen molar-refractivity contribution in [2.24, 2.45) is 17.3 Å². The van der Waals surface area contributed by atoms with Crippen LogP contribution in [0.3, 0.4) is 0 Å². The predicted octanol–water partition coefficient (Wildman–Crippen LogP) is 3.54. The Labute approximate surface area is 140 Å². The van der Waals surface area contributed by atoms with Crippen molar-refractivity contribution >= 4 is 11.9 Å². The number of carbonyl (C=O) groups is 2. The summed E-state index contributed by atoms with van der Waals surface area (Å²) in [6.07, 6.45) is -4.30. The number of rotatable bonds is 2. The van der Waals surface area contributed by atoms with Crippen molar-refractivity contribution in [3.63, 3.8) is 0 Å². The lowest BCUT2D eigenvalue weighted by atomic mass is 9.85. The zero-order chi connectivity index (χ0) is 18.3. The van der Waals surface area contributed by atoms with Crippen molar-refractivity contribution in [3.8, 4) is 0 Å². The van der Waals surface area contributed by atoms with Gasteiger partial charge in [0.15, 0.2) is 0 Å². The van der Waals surface area contributed by atoms with Crippen LogP contribution in [0.1, 0.15) is 53.4 Å². The summed E-state index contributed by atoms with van der Waals surface area (Å²) in [5.74, 6) is -1.11. The summed E-state index contributed by atoms with van der Waals surface area (Å²) in [5.41, 5.74) is -0.686. The third-order valence-corrected chi connectivity index (χ3v) is 4.89. The van der Waals surface area contributed by atoms with E-state index in [4.69, 9.17) is 4.74 Å². The second kappa shape index (κ2) is 6.56. The Morgan fingerprint density at radius 3 is 2.33 bits per heavy atom. The molecule has 4 atom stereocenters. The Morgan fingerprint density at radius 1 is 1.17 bits per heavy atom. The van der Waals surface area contributed by atoms with Gasteiger partial charge in [-0.25, -0.2) is 0 Å². The highest BCUT2D eigenvalue weighted by atomic mass is 19.4. The first-order chi connectivity index (χ1) is 10.9. The fourth-order valence-electron chi connectivity index (χ4n) is 3.78. The van der Waals surface area contributed by atoms with E-state index in [9.17, 15) is 22.8 Å². The molecular weight excluding hydrogens is 323 g/mol. The van der Waals surface area contributed by atoms with Gasteiger partial charge in [-0.05, 0) is 51.9 Å². The summed E-state index contributed by atoms with van der Waals surface area (Å²) in [6, 6.07) is -0.468. The van der Waals surface area contributed by atoms with E-state index >= 15 is 0 Å². The molecule has 1 amide bonds. The largest absolute Gasteiger partial charge is 0.460 e. The van der Waals surface area contributed by atoms with Crippen LogP contribution >= 0.6 is 0 Å². The van der Waals surface area contributed by atoms with E-state index in [-0.39, 0.29) is 17.8 Å². The number of fused-ring (bicyclic) bond motifs is 4. The van der Waals surface area contributed by atoms with Crippen LogP contribution in [-0.2, 0) is 14.3 Å². The van der Waals surface area contributed by atoms with Crippen molar-refractivity contribution < 1.29 is 27.5 Å². The van der Waals surface area contributed by atoms with Crippen molar-refractivity contribution in [2.45, 2.75) is 71.7 Å². The standard InChI is InChI=1S/C17H26F3NO3/c1-10-7-11-5-6-12(24-15(23)16(2,3)4)14(10)21(9-11)13(22)8-17(18,19)20/h10-12,14H,5-9H2,1-4H3/t10-,11?,12+,14?/m1/s1. The van der Waals surface area contributed by atoms with Gasteiger partial charge in [-0.2, -0.15) is 13.2 Å². The maximum Gasteiger partial charge on any atom is 0.397 e. The van der Waals surface area contributed by atoms with Gasteiger partial charge in [-0.1, -0.05) is 6.92 Å². The minimum Gasteiger partial charge on any atom is -0.460 e. The quantitative estimate of drug-likeness (QED) is 0.717. The Bertz CT molecular complexity index is 498. The van der Waals surface area contributed by atoms with Crippen LogP contribution in [0.4, 0.5) is 13.2 Å². The molecule has 0 spiro atoms.